The Labute approximate surface area is 132 Å². The highest BCUT2D eigenvalue weighted by Crippen LogP contribution is 2.31. The summed E-state index contributed by atoms with van der Waals surface area (Å²) in [5, 5.41) is 10.7. The third-order valence-electron chi connectivity index (χ3n) is 3.43. The van der Waals surface area contributed by atoms with E-state index < -0.39 is 11.6 Å². The summed E-state index contributed by atoms with van der Waals surface area (Å²) in [5.41, 5.74) is 1.34. The highest BCUT2D eigenvalue weighted by atomic mass is 35.5. The average Bonchev–Trinajstić information content (AvgIpc) is 2.79. The van der Waals surface area contributed by atoms with Crippen molar-refractivity contribution >= 4 is 35.0 Å². The van der Waals surface area contributed by atoms with Crippen molar-refractivity contribution in [3.8, 4) is 0 Å². The summed E-state index contributed by atoms with van der Waals surface area (Å²) in [7, 11) is 0. The van der Waals surface area contributed by atoms with Gasteiger partial charge in [0, 0.05) is 16.1 Å². The van der Waals surface area contributed by atoms with Gasteiger partial charge in [0.05, 0.1) is 0 Å². The van der Waals surface area contributed by atoms with Crippen LogP contribution < -0.4 is 0 Å². The Morgan fingerprint density at radius 2 is 1.64 bits per heavy atom. The Bertz CT molecular complexity index is 830. The molecule has 1 aliphatic rings. The second kappa shape index (κ2) is 5.62. The van der Waals surface area contributed by atoms with Gasteiger partial charge in [0.2, 0.25) is 5.78 Å². The summed E-state index contributed by atoms with van der Waals surface area (Å²) in [4.78, 5) is 24.4. The quantitative estimate of drug-likeness (QED) is 0.686. The maximum absolute atomic E-state index is 12.2. The fourth-order valence-corrected chi connectivity index (χ4v) is 2.45. The molecule has 0 atom stereocenters. The molecule has 0 fully saturated rings. The first kappa shape index (κ1) is 14.3. The number of aliphatic hydroxyl groups is 1. The SMILES string of the molecule is O=C(C=Cc1ccc(Cl)cc1)C1=C(O)c2ccccc2C1=O. The fourth-order valence-electron chi connectivity index (χ4n) is 2.32. The number of carbonyl (C=O) groups excluding carboxylic acids is 2. The number of hydrogen-bond acceptors (Lipinski definition) is 3. The largest absolute Gasteiger partial charge is 0.506 e. The number of allylic oxidation sites excluding steroid dienone is 2. The Balaban J connectivity index is 1.89. The molecule has 0 saturated heterocycles. The third kappa shape index (κ3) is 2.47. The average molecular weight is 311 g/mol. The number of hydrogen-bond donors (Lipinski definition) is 1. The van der Waals surface area contributed by atoms with E-state index in [1.807, 2.05) is 0 Å². The van der Waals surface area contributed by atoms with E-state index in [0.717, 1.165) is 5.56 Å². The van der Waals surface area contributed by atoms with Crippen molar-refractivity contribution in [3.63, 3.8) is 0 Å². The fraction of sp³-hybridized carbons (Fsp3) is 0. The molecule has 2 aromatic carbocycles. The van der Waals surface area contributed by atoms with Crippen molar-refractivity contribution in [2.24, 2.45) is 0 Å². The standard InChI is InChI=1S/C18H11ClO3/c19-12-8-5-11(6-9-12)7-10-15(20)16-17(21)13-3-1-2-4-14(13)18(16)22/h1-10,21H. The van der Waals surface area contributed by atoms with Crippen molar-refractivity contribution in [1.29, 1.82) is 0 Å². The minimum Gasteiger partial charge on any atom is -0.506 e. The molecule has 0 aliphatic heterocycles. The van der Waals surface area contributed by atoms with Crippen LogP contribution in [0, 0.1) is 0 Å². The highest BCUT2D eigenvalue weighted by Gasteiger charge is 2.32. The highest BCUT2D eigenvalue weighted by molar-refractivity contribution is 6.37. The van der Waals surface area contributed by atoms with E-state index in [1.165, 1.54) is 6.08 Å². The Kier molecular flexibility index (Phi) is 3.65. The van der Waals surface area contributed by atoms with Crippen LogP contribution in [-0.2, 0) is 4.79 Å². The topological polar surface area (TPSA) is 54.4 Å². The minimum absolute atomic E-state index is 0.189. The smallest absolute Gasteiger partial charge is 0.201 e. The van der Waals surface area contributed by atoms with Crippen LogP contribution in [0.4, 0.5) is 0 Å². The van der Waals surface area contributed by atoms with Crippen LogP contribution in [0.15, 0.2) is 60.2 Å². The van der Waals surface area contributed by atoms with Gasteiger partial charge in [-0.3, -0.25) is 9.59 Å². The lowest BCUT2D eigenvalue weighted by atomic mass is 10.1. The normalized spacial score (nSPS) is 13.8. The van der Waals surface area contributed by atoms with Gasteiger partial charge < -0.3 is 5.11 Å². The molecular weight excluding hydrogens is 300 g/mol. The maximum Gasteiger partial charge on any atom is 0.201 e. The Hall–Kier alpha value is -2.65. The zero-order chi connectivity index (χ0) is 15.7. The minimum atomic E-state index is -0.520. The van der Waals surface area contributed by atoms with Crippen molar-refractivity contribution in [1.82, 2.24) is 0 Å². The van der Waals surface area contributed by atoms with E-state index >= 15 is 0 Å². The zero-order valence-corrected chi connectivity index (χ0v) is 12.2. The van der Waals surface area contributed by atoms with E-state index in [2.05, 4.69) is 0 Å². The molecule has 4 heteroatoms. The summed E-state index contributed by atoms with van der Waals surface area (Å²) in [5.74, 6) is -1.22. The molecule has 0 unspecified atom stereocenters. The second-order valence-electron chi connectivity index (χ2n) is 4.85. The lowest BCUT2D eigenvalue weighted by Gasteiger charge is -1.97. The van der Waals surface area contributed by atoms with Crippen molar-refractivity contribution < 1.29 is 14.7 Å². The van der Waals surface area contributed by atoms with Crippen LogP contribution >= 0.6 is 11.6 Å². The first-order valence-electron chi connectivity index (χ1n) is 6.63. The van der Waals surface area contributed by atoms with E-state index in [0.29, 0.717) is 16.1 Å². The molecule has 0 bridgehead atoms. The van der Waals surface area contributed by atoms with Gasteiger partial charge in [-0.25, -0.2) is 0 Å². The molecule has 0 saturated carbocycles. The van der Waals surface area contributed by atoms with Gasteiger partial charge >= 0.3 is 0 Å². The number of carbonyl (C=O) groups is 2. The number of Topliss-reactive ketones (excluding diaryl/α,β-unsaturated/α-hetero) is 1. The molecule has 0 spiro atoms. The van der Waals surface area contributed by atoms with E-state index in [1.54, 1.807) is 54.6 Å². The maximum atomic E-state index is 12.2. The van der Waals surface area contributed by atoms with Crippen molar-refractivity contribution in [2.45, 2.75) is 0 Å². The van der Waals surface area contributed by atoms with Crippen LogP contribution in [0.1, 0.15) is 21.5 Å². The van der Waals surface area contributed by atoms with Gasteiger partial charge in [-0.2, -0.15) is 0 Å². The van der Waals surface area contributed by atoms with Gasteiger partial charge in [-0.1, -0.05) is 54.1 Å². The summed E-state index contributed by atoms with van der Waals surface area (Å²) >= 11 is 5.79. The molecule has 0 radical (unpaired) electrons. The zero-order valence-electron chi connectivity index (χ0n) is 11.4. The first-order chi connectivity index (χ1) is 10.6. The van der Waals surface area contributed by atoms with Gasteiger partial charge in [0.1, 0.15) is 11.3 Å². The summed E-state index contributed by atoms with van der Waals surface area (Å²) in [6.45, 7) is 0. The lowest BCUT2D eigenvalue weighted by molar-refractivity contribution is -0.110. The first-order valence-corrected chi connectivity index (χ1v) is 7.01. The molecule has 3 rings (SSSR count). The molecule has 22 heavy (non-hydrogen) atoms. The summed E-state index contributed by atoms with van der Waals surface area (Å²) in [6, 6.07) is 13.5. The number of halogens is 1. The second-order valence-corrected chi connectivity index (χ2v) is 5.28. The summed E-state index contributed by atoms with van der Waals surface area (Å²) in [6.07, 6.45) is 2.85. The molecule has 0 heterocycles. The molecule has 0 amide bonds. The molecule has 0 aromatic heterocycles. The van der Waals surface area contributed by atoms with Crippen molar-refractivity contribution in [3.05, 3.63) is 81.9 Å². The predicted octanol–water partition coefficient (Wildman–Crippen LogP) is 4.09. The van der Waals surface area contributed by atoms with Crippen LogP contribution in [0.2, 0.25) is 5.02 Å². The third-order valence-corrected chi connectivity index (χ3v) is 3.69. The van der Waals surface area contributed by atoms with Crippen LogP contribution in [0.25, 0.3) is 11.8 Å². The van der Waals surface area contributed by atoms with Gasteiger partial charge in [0.15, 0.2) is 5.78 Å². The molecule has 3 nitrogen and oxygen atoms in total. The van der Waals surface area contributed by atoms with Crippen molar-refractivity contribution in [2.75, 3.05) is 0 Å². The van der Waals surface area contributed by atoms with E-state index in [4.69, 9.17) is 11.6 Å². The van der Waals surface area contributed by atoms with E-state index in [9.17, 15) is 14.7 Å². The molecule has 108 valence electrons. The number of benzene rings is 2. The van der Waals surface area contributed by atoms with Gasteiger partial charge in [-0.15, -0.1) is 0 Å². The number of fused-ring (bicyclic) bond motifs is 1. The number of rotatable bonds is 3. The Morgan fingerprint density at radius 1 is 1.00 bits per heavy atom. The van der Waals surface area contributed by atoms with E-state index in [-0.39, 0.29) is 11.3 Å². The Morgan fingerprint density at radius 3 is 2.27 bits per heavy atom. The van der Waals surface area contributed by atoms with Crippen LogP contribution in [0.3, 0.4) is 0 Å². The predicted molar refractivity (Wildman–Crippen MR) is 85.8 cm³/mol. The lowest BCUT2D eigenvalue weighted by Crippen LogP contribution is -2.08. The number of ketones is 2. The van der Waals surface area contributed by atoms with Gasteiger partial charge in [0.25, 0.3) is 0 Å². The molecule has 1 aliphatic carbocycles. The molecule has 2 aromatic rings. The van der Waals surface area contributed by atoms with Gasteiger partial charge in [-0.05, 0) is 23.8 Å². The molecule has 1 N–H and O–H groups in total. The van der Waals surface area contributed by atoms with Crippen LogP contribution in [-0.4, -0.2) is 16.7 Å². The summed E-state index contributed by atoms with van der Waals surface area (Å²) < 4.78 is 0. The molecular formula is C18H11ClO3. The van der Waals surface area contributed by atoms with Crippen LogP contribution in [0.5, 0.6) is 0 Å². The number of aliphatic hydroxyl groups excluding tert-OH is 1. The monoisotopic (exact) mass is 310 g/mol.